The smallest absolute Gasteiger partial charge is 0.234 e. The van der Waals surface area contributed by atoms with Gasteiger partial charge in [0.15, 0.2) is 0 Å². The van der Waals surface area contributed by atoms with Crippen molar-refractivity contribution < 1.29 is 0 Å². The van der Waals surface area contributed by atoms with E-state index in [9.17, 15) is 0 Å². The van der Waals surface area contributed by atoms with E-state index < -0.39 is 0 Å². The first-order valence-corrected chi connectivity index (χ1v) is 4.11. The third-order valence-corrected chi connectivity index (χ3v) is 2.08. The molecule has 0 aliphatic carbocycles. The molecule has 0 N–H and O–H groups in total. The van der Waals surface area contributed by atoms with Crippen LogP contribution in [0.1, 0.15) is 18.3 Å². The predicted octanol–water partition coefficient (Wildman–Crippen LogP) is 1.60. The highest BCUT2D eigenvalue weighted by molar-refractivity contribution is 5.34. The van der Waals surface area contributed by atoms with Gasteiger partial charge in [-0.3, -0.25) is 4.40 Å². The van der Waals surface area contributed by atoms with Gasteiger partial charge in [0.2, 0.25) is 5.78 Å². The molecule has 62 valence electrons. The molecule has 0 aliphatic rings. The van der Waals surface area contributed by atoms with E-state index in [1.54, 1.807) is 6.20 Å². The molecule has 0 radical (unpaired) electrons. The molecule has 0 spiro atoms. The molecular weight excluding hydrogens is 150 g/mol. The standard InChI is InChI=1S/C9H11N3/c1-3-8-7(2)12-6-4-5-10-9(12)11-8/h4-6H,3H2,1-2H3. The van der Waals surface area contributed by atoms with Crippen LogP contribution in [-0.4, -0.2) is 14.4 Å². The molecule has 2 aromatic heterocycles. The highest BCUT2D eigenvalue weighted by Gasteiger charge is 2.04. The van der Waals surface area contributed by atoms with E-state index in [1.165, 1.54) is 5.69 Å². The van der Waals surface area contributed by atoms with Crippen LogP contribution in [0.4, 0.5) is 0 Å². The van der Waals surface area contributed by atoms with Crippen molar-refractivity contribution in [3.05, 3.63) is 29.8 Å². The summed E-state index contributed by atoms with van der Waals surface area (Å²) in [6, 6.07) is 1.92. The molecule has 0 atom stereocenters. The zero-order chi connectivity index (χ0) is 8.55. The van der Waals surface area contributed by atoms with Gasteiger partial charge in [-0.05, 0) is 19.4 Å². The summed E-state index contributed by atoms with van der Waals surface area (Å²) in [5.41, 5.74) is 2.33. The third kappa shape index (κ3) is 0.897. The molecule has 0 saturated heterocycles. The first kappa shape index (κ1) is 7.28. The summed E-state index contributed by atoms with van der Waals surface area (Å²) in [5, 5.41) is 0. The fraction of sp³-hybridized carbons (Fsp3) is 0.333. The number of rotatable bonds is 1. The number of nitrogens with zero attached hydrogens (tertiary/aromatic N) is 3. The second-order valence-corrected chi connectivity index (χ2v) is 2.79. The van der Waals surface area contributed by atoms with Crippen molar-refractivity contribution in [1.29, 1.82) is 0 Å². The van der Waals surface area contributed by atoms with Crippen LogP contribution in [0.25, 0.3) is 5.78 Å². The van der Waals surface area contributed by atoms with Crippen LogP contribution in [0.15, 0.2) is 18.5 Å². The molecule has 0 unspecified atom stereocenters. The molecule has 0 fully saturated rings. The maximum atomic E-state index is 4.38. The average molecular weight is 161 g/mol. The largest absolute Gasteiger partial charge is 0.288 e. The zero-order valence-corrected chi connectivity index (χ0v) is 7.28. The van der Waals surface area contributed by atoms with E-state index in [-0.39, 0.29) is 0 Å². The summed E-state index contributed by atoms with van der Waals surface area (Å²) < 4.78 is 2.01. The lowest BCUT2D eigenvalue weighted by molar-refractivity contribution is 1.02. The van der Waals surface area contributed by atoms with Crippen LogP contribution in [0, 0.1) is 6.92 Å². The lowest BCUT2D eigenvalue weighted by Crippen LogP contribution is -1.88. The van der Waals surface area contributed by atoms with Crippen LogP contribution in [0.2, 0.25) is 0 Å². The van der Waals surface area contributed by atoms with Crippen LogP contribution in [0.5, 0.6) is 0 Å². The molecule has 2 heterocycles. The fourth-order valence-corrected chi connectivity index (χ4v) is 1.38. The number of fused-ring (bicyclic) bond motifs is 1. The van der Waals surface area contributed by atoms with E-state index in [0.29, 0.717) is 0 Å². The zero-order valence-electron chi connectivity index (χ0n) is 7.28. The van der Waals surface area contributed by atoms with Gasteiger partial charge in [0.25, 0.3) is 0 Å². The minimum atomic E-state index is 0.798. The molecule has 3 heteroatoms. The summed E-state index contributed by atoms with van der Waals surface area (Å²) in [7, 11) is 0. The summed E-state index contributed by atoms with van der Waals surface area (Å²) >= 11 is 0. The van der Waals surface area contributed by atoms with Gasteiger partial charge < -0.3 is 0 Å². The first-order chi connectivity index (χ1) is 5.83. The predicted molar refractivity (Wildman–Crippen MR) is 47.1 cm³/mol. The number of hydrogen-bond donors (Lipinski definition) is 0. The number of aromatic nitrogens is 3. The van der Waals surface area contributed by atoms with Gasteiger partial charge in [-0.25, -0.2) is 9.97 Å². The monoisotopic (exact) mass is 161 g/mol. The Balaban J connectivity index is 2.78. The molecule has 0 bridgehead atoms. The van der Waals surface area contributed by atoms with Gasteiger partial charge in [-0.15, -0.1) is 0 Å². The number of aryl methyl sites for hydroxylation is 2. The van der Waals surface area contributed by atoms with Crippen molar-refractivity contribution in [2.75, 3.05) is 0 Å². The maximum Gasteiger partial charge on any atom is 0.234 e. The molecule has 3 nitrogen and oxygen atoms in total. The van der Waals surface area contributed by atoms with Gasteiger partial charge in [-0.2, -0.15) is 0 Å². The Morgan fingerprint density at radius 2 is 2.33 bits per heavy atom. The second kappa shape index (κ2) is 2.59. The topological polar surface area (TPSA) is 30.2 Å². The average Bonchev–Trinajstić information content (AvgIpc) is 2.44. The Morgan fingerprint density at radius 3 is 3.00 bits per heavy atom. The Hall–Kier alpha value is -1.38. The van der Waals surface area contributed by atoms with E-state index in [0.717, 1.165) is 17.9 Å². The van der Waals surface area contributed by atoms with Gasteiger partial charge in [-0.1, -0.05) is 6.92 Å². The van der Waals surface area contributed by atoms with Crippen LogP contribution in [-0.2, 0) is 6.42 Å². The van der Waals surface area contributed by atoms with Gasteiger partial charge in [0, 0.05) is 18.1 Å². The molecule has 2 aromatic rings. The molecule has 0 aromatic carbocycles. The summed E-state index contributed by atoms with van der Waals surface area (Å²) in [5.74, 6) is 0.798. The van der Waals surface area contributed by atoms with E-state index in [2.05, 4.69) is 23.8 Å². The number of hydrogen-bond acceptors (Lipinski definition) is 2. The highest BCUT2D eigenvalue weighted by Crippen LogP contribution is 2.09. The van der Waals surface area contributed by atoms with Gasteiger partial charge >= 0.3 is 0 Å². The van der Waals surface area contributed by atoms with Crippen molar-refractivity contribution in [2.24, 2.45) is 0 Å². The van der Waals surface area contributed by atoms with E-state index >= 15 is 0 Å². The van der Waals surface area contributed by atoms with Crippen LogP contribution >= 0.6 is 0 Å². The molecule has 0 amide bonds. The first-order valence-electron chi connectivity index (χ1n) is 4.11. The van der Waals surface area contributed by atoms with E-state index in [4.69, 9.17) is 0 Å². The number of imidazole rings is 1. The Labute approximate surface area is 71.1 Å². The quantitative estimate of drug-likeness (QED) is 0.636. The maximum absolute atomic E-state index is 4.38. The van der Waals surface area contributed by atoms with Crippen LogP contribution in [0.3, 0.4) is 0 Å². The molecule has 0 aliphatic heterocycles. The summed E-state index contributed by atoms with van der Waals surface area (Å²) in [6.07, 6.45) is 4.72. The van der Waals surface area contributed by atoms with Crippen LogP contribution < -0.4 is 0 Å². The van der Waals surface area contributed by atoms with Crippen molar-refractivity contribution in [3.8, 4) is 0 Å². The lowest BCUT2D eigenvalue weighted by atomic mass is 10.3. The highest BCUT2D eigenvalue weighted by atomic mass is 15.1. The molecular formula is C9H11N3. The van der Waals surface area contributed by atoms with Crippen molar-refractivity contribution in [1.82, 2.24) is 14.4 Å². The summed E-state index contributed by atoms with van der Waals surface area (Å²) in [4.78, 5) is 8.55. The Bertz CT molecular complexity index is 403. The summed E-state index contributed by atoms with van der Waals surface area (Å²) in [6.45, 7) is 4.18. The van der Waals surface area contributed by atoms with Gasteiger partial charge in [0.05, 0.1) is 5.69 Å². The van der Waals surface area contributed by atoms with Crippen molar-refractivity contribution >= 4 is 5.78 Å². The Morgan fingerprint density at radius 1 is 1.50 bits per heavy atom. The second-order valence-electron chi connectivity index (χ2n) is 2.79. The normalized spacial score (nSPS) is 10.8. The van der Waals surface area contributed by atoms with Gasteiger partial charge in [0.1, 0.15) is 0 Å². The minimum absolute atomic E-state index is 0.798. The minimum Gasteiger partial charge on any atom is -0.288 e. The van der Waals surface area contributed by atoms with E-state index in [1.807, 2.05) is 16.7 Å². The van der Waals surface area contributed by atoms with Crippen molar-refractivity contribution in [2.45, 2.75) is 20.3 Å². The molecule has 2 rings (SSSR count). The Kier molecular flexibility index (Phi) is 1.57. The van der Waals surface area contributed by atoms with Crippen molar-refractivity contribution in [3.63, 3.8) is 0 Å². The fourth-order valence-electron chi connectivity index (χ4n) is 1.38. The third-order valence-electron chi connectivity index (χ3n) is 2.08. The lowest BCUT2D eigenvalue weighted by Gasteiger charge is -1.93. The SMILES string of the molecule is CCc1nc2ncccn2c1C. The molecule has 0 saturated carbocycles. The molecule has 12 heavy (non-hydrogen) atoms.